The zero-order valence-electron chi connectivity index (χ0n) is 15.3. The first-order valence-electron chi connectivity index (χ1n) is 8.68. The van der Waals surface area contributed by atoms with Crippen LogP contribution < -0.4 is 10.7 Å². The van der Waals surface area contributed by atoms with Gasteiger partial charge in [0.2, 0.25) is 5.43 Å². The third kappa shape index (κ3) is 3.75. The van der Waals surface area contributed by atoms with Crippen LogP contribution in [0.3, 0.4) is 0 Å². The first kappa shape index (κ1) is 20.9. The van der Waals surface area contributed by atoms with Crippen molar-refractivity contribution in [2.75, 3.05) is 5.32 Å². The number of hydrogen-bond donors (Lipinski definition) is 1. The van der Waals surface area contributed by atoms with E-state index in [1.54, 1.807) is 6.07 Å². The molecule has 31 heavy (non-hydrogen) atoms. The van der Waals surface area contributed by atoms with Crippen LogP contribution in [0.25, 0.3) is 16.7 Å². The Morgan fingerprint density at radius 3 is 2.29 bits per heavy atom. The van der Waals surface area contributed by atoms with Gasteiger partial charge in [0, 0.05) is 24.5 Å². The highest BCUT2D eigenvalue weighted by Gasteiger charge is 2.22. The lowest BCUT2D eigenvalue weighted by molar-refractivity contribution is 0.102. The normalized spacial score (nSPS) is 11.0. The fourth-order valence-electron chi connectivity index (χ4n) is 3.06. The molecule has 1 amide bonds. The van der Waals surface area contributed by atoms with E-state index in [0.717, 1.165) is 10.8 Å². The number of fused-ring (bicyclic) bond motifs is 1. The van der Waals surface area contributed by atoms with Gasteiger partial charge in [-0.05, 0) is 24.3 Å². The number of nitrogens with zero attached hydrogens (tertiary/aromatic N) is 2. The van der Waals surface area contributed by atoms with Crippen molar-refractivity contribution < 1.29 is 18.0 Å². The number of amides is 1. The van der Waals surface area contributed by atoms with Gasteiger partial charge >= 0.3 is 0 Å². The van der Waals surface area contributed by atoms with Crippen LogP contribution in [0.15, 0.2) is 59.7 Å². The average Bonchev–Trinajstić information content (AvgIpc) is 2.71. The van der Waals surface area contributed by atoms with E-state index in [0.29, 0.717) is 12.1 Å². The van der Waals surface area contributed by atoms with Gasteiger partial charge in [-0.1, -0.05) is 29.3 Å². The topological polar surface area (TPSA) is 64.0 Å². The molecule has 0 aliphatic carbocycles. The minimum absolute atomic E-state index is 0.0622. The largest absolute Gasteiger partial charge is 0.319 e. The molecule has 0 unspecified atom stereocenters. The molecule has 0 atom stereocenters. The summed E-state index contributed by atoms with van der Waals surface area (Å²) in [6.45, 7) is 0. The fourth-order valence-corrected chi connectivity index (χ4v) is 3.55. The van der Waals surface area contributed by atoms with Crippen molar-refractivity contribution >= 4 is 45.8 Å². The summed E-state index contributed by atoms with van der Waals surface area (Å²) >= 11 is 12.1. The highest BCUT2D eigenvalue weighted by Crippen LogP contribution is 2.30. The van der Waals surface area contributed by atoms with Crippen molar-refractivity contribution in [3.05, 3.63) is 98.1 Å². The van der Waals surface area contributed by atoms with E-state index in [-0.39, 0.29) is 26.8 Å². The second-order valence-electron chi connectivity index (χ2n) is 6.39. The van der Waals surface area contributed by atoms with Gasteiger partial charge in [0.25, 0.3) is 5.91 Å². The molecule has 4 aromatic rings. The van der Waals surface area contributed by atoms with E-state index in [4.69, 9.17) is 23.2 Å². The molecule has 0 saturated heterocycles. The quantitative estimate of drug-likeness (QED) is 0.444. The second-order valence-corrected chi connectivity index (χ2v) is 7.20. The van der Waals surface area contributed by atoms with Crippen molar-refractivity contribution in [3.63, 3.8) is 0 Å². The Hall–Kier alpha value is -3.36. The number of rotatable bonds is 3. The highest BCUT2D eigenvalue weighted by atomic mass is 35.5. The molecular weight excluding hydrogens is 454 g/mol. The Labute approximate surface area is 182 Å². The molecule has 2 aromatic heterocycles. The Morgan fingerprint density at radius 1 is 1.00 bits per heavy atom. The predicted molar refractivity (Wildman–Crippen MR) is 112 cm³/mol. The van der Waals surface area contributed by atoms with Crippen molar-refractivity contribution in [3.8, 4) is 5.69 Å². The third-order valence-electron chi connectivity index (χ3n) is 4.43. The lowest BCUT2D eigenvalue weighted by atomic mass is 10.1. The number of halogens is 5. The molecule has 2 heterocycles. The Morgan fingerprint density at radius 2 is 1.65 bits per heavy atom. The lowest BCUT2D eigenvalue weighted by Crippen LogP contribution is -2.24. The fraction of sp³-hybridized carbons (Fsp3) is 0. The third-order valence-corrected chi connectivity index (χ3v) is 5.06. The van der Waals surface area contributed by atoms with Crippen molar-refractivity contribution in [1.82, 2.24) is 9.55 Å². The molecule has 0 saturated carbocycles. The standard InChI is InChI=1S/C21H10Cl2F3N3O2/c22-13-4-1-5-14(23)17(13)28-21(31)12-9-29(18-15(25)7-10(24)8-16(18)26)20-11(19(12)30)3-2-6-27-20/h1-9H,(H,28,31). The first-order chi connectivity index (χ1) is 14.8. The van der Waals surface area contributed by atoms with Gasteiger partial charge < -0.3 is 5.32 Å². The van der Waals surface area contributed by atoms with Gasteiger partial charge in [-0.25, -0.2) is 18.2 Å². The summed E-state index contributed by atoms with van der Waals surface area (Å²) in [5.41, 5.74) is -1.95. The number of carbonyl (C=O) groups is 1. The molecule has 0 radical (unpaired) electrons. The summed E-state index contributed by atoms with van der Waals surface area (Å²) in [5, 5.41) is 2.60. The Bertz CT molecular complexity index is 1380. The van der Waals surface area contributed by atoms with E-state index >= 15 is 0 Å². The molecule has 0 fully saturated rings. The molecule has 5 nitrogen and oxygen atoms in total. The zero-order valence-corrected chi connectivity index (χ0v) is 16.8. The Balaban J connectivity index is 1.95. The number of aromatic nitrogens is 2. The Kier molecular flexibility index (Phi) is 5.43. The molecular formula is C21H10Cl2F3N3O2. The van der Waals surface area contributed by atoms with E-state index in [1.807, 2.05) is 0 Å². The summed E-state index contributed by atoms with van der Waals surface area (Å²) in [6.07, 6.45) is 2.23. The molecule has 0 aliphatic heterocycles. The van der Waals surface area contributed by atoms with Gasteiger partial charge in [-0.3, -0.25) is 14.2 Å². The number of anilines is 1. The maximum Gasteiger partial charge on any atom is 0.261 e. The van der Waals surface area contributed by atoms with Crippen LogP contribution in [0.5, 0.6) is 0 Å². The maximum atomic E-state index is 14.5. The molecule has 1 N–H and O–H groups in total. The van der Waals surface area contributed by atoms with Gasteiger partial charge in [0.15, 0.2) is 11.6 Å². The van der Waals surface area contributed by atoms with E-state index in [2.05, 4.69) is 10.3 Å². The van der Waals surface area contributed by atoms with Crippen LogP contribution in [-0.4, -0.2) is 15.5 Å². The molecule has 2 aromatic carbocycles. The number of para-hydroxylation sites is 1. The summed E-state index contributed by atoms with van der Waals surface area (Å²) in [7, 11) is 0. The molecule has 10 heteroatoms. The minimum Gasteiger partial charge on any atom is -0.319 e. The smallest absolute Gasteiger partial charge is 0.261 e. The number of carbonyl (C=O) groups excluding carboxylic acids is 1. The lowest BCUT2D eigenvalue weighted by Gasteiger charge is -2.15. The van der Waals surface area contributed by atoms with Crippen LogP contribution in [-0.2, 0) is 0 Å². The predicted octanol–water partition coefficient (Wildman–Crippen LogP) is 5.36. The van der Waals surface area contributed by atoms with Crippen molar-refractivity contribution in [2.45, 2.75) is 0 Å². The average molecular weight is 464 g/mol. The van der Waals surface area contributed by atoms with Crippen LogP contribution >= 0.6 is 23.2 Å². The van der Waals surface area contributed by atoms with E-state index in [9.17, 15) is 22.8 Å². The van der Waals surface area contributed by atoms with Gasteiger partial charge in [-0.2, -0.15) is 0 Å². The van der Waals surface area contributed by atoms with Crippen molar-refractivity contribution in [1.29, 1.82) is 0 Å². The number of benzene rings is 2. The molecule has 0 bridgehead atoms. The highest BCUT2D eigenvalue weighted by molar-refractivity contribution is 6.40. The monoisotopic (exact) mass is 463 g/mol. The SMILES string of the molecule is O=C(Nc1c(Cl)cccc1Cl)c1cn(-c2c(F)cc(F)cc2F)c2ncccc2c1=O. The zero-order chi connectivity index (χ0) is 22.3. The summed E-state index contributed by atoms with van der Waals surface area (Å²) in [6, 6.07) is 8.26. The molecule has 0 aliphatic rings. The van der Waals surface area contributed by atoms with Crippen LogP contribution in [0.1, 0.15) is 10.4 Å². The molecule has 0 spiro atoms. The van der Waals surface area contributed by atoms with E-state index < -0.39 is 40.0 Å². The number of hydrogen-bond acceptors (Lipinski definition) is 3. The van der Waals surface area contributed by atoms with Crippen LogP contribution in [0.4, 0.5) is 18.9 Å². The van der Waals surface area contributed by atoms with Gasteiger partial charge in [0.05, 0.1) is 21.1 Å². The summed E-state index contributed by atoms with van der Waals surface area (Å²) in [4.78, 5) is 29.8. The van der Waals surface area contributed by atoms with Crippen LogP contribution in [0.2, 0.25) is 10.0 Å². The second kappa shape index (κ2) is 8.05. The minimum atomic E-state index is -1.24. The summed E-state index contributed by atoms with van der Waals surface area (Å²) in [5.74, 6) is -4.52. The molecule has 4 rings (SSSR count). The maximum absolute atomic E-state index is 14.5. The molecule has 156 valence electrons. The summed E-state index contributed by atoms with van der Waals surface area (Å²) < 4.78 is 43.2. The first-order valence-corrected chi connectivity index (χ1v) is 9.44. The van der Waals surface area contributed by atoms with Gasteiger partial charge in [0.1, 0.15) is 22.7 Å². The number of nitrogens with one attached hydrogen (secondary N) is 1. The van der Waals surface area contributed by atoms with Crippen LogP contribution in [0, 0.1) is 17.5 Å². The van der Waals surface area contributed by atoms with Crippen molar-refractivity contribution in [2.24, 2.45) is 0 Å². The van der Waals surface area contributed by atoms with E-state index in [1.165, 1.54) is 30.5 Å². The van der Waals surface area contributed by atoms with Gasteiger partial charge in [-0.15, -0.1) is 0 Å². The number of pyridine rings is 2.